The first kappa shape index (κ1) is 21.7. The van der Waals surface area contributed by atoms with Gasteiger partial charge in [0.1, 0.15) is 0 Å². The van der Waals surface area contributed by atoms with Gasteiger partial charge < -0.3 is 10.2 Å². The summed E-state index contributed by atoms with van der Waals surface area (Å²) in [5.41, 5.74) is 6.13. The van der Waals surface area contributed by atoms with Gasteiger partial charge in [0.25, 0.3) is 5.91 Å². The smallest absolute Gasteiger partial charge is 0.269 e. The summed E-state index contributed by atoms with van der Waals surface area (Å²) >= 11 is 0. The summed E-state index contributed by atoms with van der Waals surface area (Å²) in [6.07, 6.45) is 5.40. The topological polar surface area (TPSA) is 90.5 Å². The maximum atomic E-state index is 13.2. The highest BCUT2D eigenvalue weighted by Crippen LogP contribution is 2.61. The molecule has 0 spiro atoms. The van der Waals surface area contributed by atoms with Gasteiger partial charge in [0, 0.05) is 36.8 Å². The van der Waals surface area contributed by atoms with Crippen molar-refractivity contribution < 1.29 is 14.4 Å². The van der Waals surface area contributed by atoms with Crippen molar-refractivity contribution in [3.63, 3.8) is 0 Å². The van der Waals surface area contributed by atoms with Crippen molar-refractivity contribution in [3.05, 3.63) is 29.8 Å². The molecule has 1 aromatic carbocycles. The molecule has 2 atom stereocenters. The zero-order valence-electron chi connectivity index (χ0n) is 18.8. The third-order valence-electron chi connectivity index (χ3n) is 7.53. The van der Waals surface area contributed by atoms with E-state index in [4.69, 9.17) is 0 Å². The zero-order chi connectivity index (χ0) is 22.2. The van der Waals surface area contributed by atoms with Crippen LogP contribution in [0.25, 0.3) is 0 Å². The van der Waals surface area contributed by atoms with Crippen LogP contribution in [0.1, 0.15) is 69.7 Å². The van der Waals surface area contributed by atoms with E-state index in [1.165, 1.54) is 0 Å². The van der Waals surface area contributed by atoms with Crippen LogP contribution in [0, 0.1) is 17.3 Å². The van der Waals surface area contributed by atoms with E-state index < -0.39 is 5.41 Å². The van der Waals surface area contributed by atoms with Gasteiger partial charge in [0.05, 0.1) is 5.41 Å². The minimum Gasteiger partial charge on any atom is -0.372 e. The Morgan fingerprint density at radius 1 is 0.968 bits per heavy atom. The van der Waals surface area contributed by atoms with Crippen LogP contribution in [0.2, 0.25) is 0 Å². The Balaban J connectivity index is 1.40. The highest BCUT2D eigenvalue weighted by atomic mass is 16.2. The van der Waals surface area contributed by atoms with E-state index >= 15 is 0 Å². The monoisotopic (exact) mass is 426 g/mol. The second kappa shape index (κ2) is 8.17. The summed E-state index contributed by atoms with van der Waals surface area (Å²) < 4.78 is 0. The molecule has 0 saturated heterocycles. The van der Waals surface area contributed by atoms with Gasteiger partial charge in [0.15, 0.2) is 0 Å². The van der Waals surface area contributed by atoms with E-state index in [2.05, 4.69) is 34.9 Å². The summed E-state index contributed by atoms with van der Waals surface area (Å²) in [6.45, 7) is 7.56. The first-order valence-corrected chi connectivity index (χ1v) is 11.5. The van der Waals surface area contributed by atoms with Crippen LogP contribution in [0.5, 0.6) is 0 Å². The van der Waals surface area contributed by atoms with Crippen molar-refractivity contribution in [1.29, 1.82) is 0 Å². The number of carbonyl (C=O) groups excluding carboxylic acids is 3. The molecule has 168 valence electrons. The number of nitrogens with zero attached hydrogens (tertiary/aromatic N) is 1. The molecule has 5 rings (SSSR count). The zero-order valence-corrected chi connectivity index (χ0v) is 18.8. The molecule has 2 unspecified atom stereocenters. The van der Waals surface area contributed by atoms with Crippen LogP contribution in [0.15, 0.2) is 24.3 Å². The molecular formula is C24H34N4O3. The fourth-order valence-corrected chi connectivity index (χ4v) is 6.78. The molecule has 0 radical (unpaired) electrons. The van der Waals surface area contributed by atoms with Crippen molar-refractivity contribution in [1.82, 2.24) is 16.2 Å². The van der Waals surface area contributed by atoms with E-state index in [1.807, 2.05) is 12.1 Å². The van der Waals surface area contributed by atoms with Crippen LogP contribution < -0.4 is 21.1 Å². The summed E-state index contributed by atoms with van der Waals surface area (Å²) in [7, 11) is 0. The number of rotatable bonds is 6. The molecular weight excluding hydrogens is 392 g/mol. The first-order chi connectivity index (χ1) is 14.8. The lowest BCUT2D eigenvalue weighted by Crippen LogP contribution is -2.66. The molecule has 0 aromatic heterocycles. The van der Waals surface area contributed by atoms with Gasteiger partial charge in [-0.15, -0.1) is 0 Å². The number of carbonyl (C=O) groups is 3. The number of hydrogen-bond donors (Lipinski definition) is 3. The second-order valence-corrected chi connectivity index (χ2v) is 9.83. The Labute approximate surface area is 184 Å². The first-order valence-electron chi connectivity index (χ1n) is 11.5. The van der Waals surface area contributed by atoms with Crippen LogP contribution in [-0.2, 0) is 9.59 Å². The molecule has 3 N–H and O–H groups in total. The fraction of sp³-hybridized carbons (Fsp3) is 0.625. The Morgan fingerprint density at radius 2 is 1.58 bits per heavy atom. The molecule has 4 aliphatic carbocycles. The molecule has 31 heavy (non-hydrogen) atoms. The molecule has 4 aliphatic rings. The van der Waals surface area contributed by atoms with Gasteiger partial charge in [-0.25, -0.2) is 0 Å². The summed E-state index contributed by atoms with van der Waals surface area (Å²) in [6, 6.07) is 7.43. The number of hydrazine groups is 1. The van der Waals surface area contributed by atoms with Gasteiger partial charge in [-0.1, -0.05) is 0 Å². The molecule has 1 aromatic rings. The fourth-order valence-electron chi connectivity index (χ4n) is 6.78. The van der Waals surface area contributed by atoms with Gasteiger partial charge in [0.2, 0.25) is 11.8 Å². The third-order valence-corrected chi connectivity index (χ3v) is 7.53. The lowest BCUT2D eigenvalue weighted by molar-refractivity contribution is -0.153. The molecule has 4 fully saturated rings. The maximum absolute atomic E-state index is 13.2. The second-order valence-electron chi connectivity index (χ2n) is 9.83. The van der Waals surface area contributed by atoms with Gasteiger partial charge in [-0.2, -0.15) is 0 Å². The molecule has 7 heteroatoms. The lowest BCUT2D eigenvalue weighted by atomic mass is 9.46. The van der Waals surface area contributed by atoms with Crippen LogP contribution in [0.4, 0.5) is 5.69 Å². The Bertz CT molecular complexity index is 848. The highest BCUT2D eigenvalue weighted by molar-refractivity contribution is 5.96. The summed E-state index contributed by atoms with van der Waals surface area (Å²) in [5, 5.41) is 3.17. The van der Waals surface area contributed by atoms with Crippen molar-refractivity contribution >= 4 is 23.4 Å². The van der Waals surface area contributed by atoms with Crippen LogP contribution >= 0.6 is 0 Å². The standard InChI is InChI=1S/C24H34N4O3/c1-4-28(5-2)20-8-6-19(7-9-20)21(30)26-27-22(31)23-11-17-10-18(12-23)14-24(13-17,15-23)25-16(3)29/h6-9,17-18H,4-5,10-15H2,1-3H3,(H,25,29)(H,26,30)(H,27,31). The molecule has 4 saturated carbocycles. The third kappa shape index (κ3) is 4.14. The largest absolute Gasteiger partial charge is 0.372 e. The number of benzene rings is 1. The Hall–Kier alpha value is -2.57. The average Bonchev–Trinajstić information content (AvgIpc) is 2.71. The number of amides is 3. The van der Waals surface area contributed by atoms with E-state index in [9.17, 15) is 14.4 Å². The van der Waals surface area contributed by atoms with E-state index in [0.717, 1.165) is 50.9 Å². The maximum Gasteiger partial charge on any atom is 0.269 e. The van der Waals surface area contributed by atoms with Crippen molar-refractivity contribution in [2.75, 3.05) is 18.0 Å². The minimum atomic E-state index is -0.508. The van der Waals surface area contributed by atoms with Crippen molar-refractivity contribution in [2.24, 2.45) is 17.3 Å². The van der Waals surface area contributed by atoms with E-state index in [-0.39, 0.29) is 23.3 Å². The van der Waals surface area contributed by atoms with Crippen LogP contribution in [-0.4, -0.2) is 36.3 Å². The number of anilines is 1. The quantitative estimate of drug-likeness (QED) is 0.610. The van der Waals surface area contributed by atoms with Crippen molar-refractivity contribution in [2.45, 2.75) is 64.8 Å². The Kier molecular flexibility index (Phi) is 5.71. The predicted octanol–water partition coefficient (Wildman–Crippen LogP) is 2.77. The van der Waals surface area contributed by atoms with E-state index in [0.29, 0.717) is 23.8 Å². The summed E-state index contributed by atoms with van der Waals surface area (Å²) in [5.74, 6) is 0.452. The molecule has 4 bridgehead atoms. The molecule has 3 amide bonds. The highest BCUT2D eigenvalue weighted by Gasteiger charge is 2.60. The molecule has 7 nitrogen and oxygen atoms in total. The molecule has 0 aliphatic heterocycles. The van der Waals surface area contributed by atoms with Gasteiger partial charge in [-0.3, -0.25) is 25.2 Å². The molecule has 0 heterocycles. The van der Waals surface area contributed by atoms with E-state index in [1.54, 1.807) is 19.1 Å². The average molecular weight is 427 g/mol. The van der Waals surface area contributed by atoms with Crippen LogP contribution in [0.3, 0.4) is 0 Å². The Morgan fingerprint density at radius 3 is 2.13 bits per heavy atom. The van der Waals surface area contributed by atoms with Gasteiger partial charge >= 0.3 is 0 Å². The number of hydrogen-bond acceptors (Lipinski definition) is 4. The minimum absolute atomic E-state index is 0.0287. The lowest BCUT2D eigenvalue weighted by Gasteiger charge is -2.61. The summed E-state index contributed by atoms with van der Waals surface area (Å²) in [4.78, 5) is 39.9. The van der Waals surface area contributed by atoms with Crippen molar-refractivity contribution in [3.8, 4) is 0 Å². The number of nitrogens with one attached hydrogen (secondary N) is 3. The predicted molar refractivity (Wildman–Crippen MR) is 119 cm³/mol. The van der Waals surface area contributed by atoms with Gasteiger partial charge in [-0.05, 0) is 88.5 Å². The SMILES string of the molecule is CCN(CC)c1ccc(C(=O)NNC(=O)C23CC4CC(CC(NC(C)=O)(C4)C2)C3)cc1. The normalized spacial score (nSPS) is 30.5.